The van der Waals surface area contributed by atoms with Crippen LogP contribution < -0.4 is 19.5 Å². The molecular weight excluding hydrogens is 386 g/mol. The van der Waals surface area contributed by atoms with Crippen molar-refractivity contribution < 1.29 is 19.0 Å². The third kappa shape index (κ3) is 5.39. The van der Waals surface area contributed by atoms with Crippen molar-refractivity contribution in [2.24, 2.45) is 0 Å². The van der Waals surface area contributed by atoms with Gasteiger partial charge in [0.15, 0.2) is 11.5 Å². The van der Waals surface area contributed by atoms with E-state index >= 15 is 0 Å². The number of amides is 1. The predicted octanol–water partition coefficient (Wildman–Crippen LogP) is 3.38. The minimum atomic E-state index is -0.0312. The standard InChI is InChI=1S/C19H22BrNO4/c1-23-16-7-5-14(11-18(16)25-3)12-19(22)21-9-8-13-4-6-15(20)17(10-13)24-2/h4-7,10-11H,8-9,12H2,1-3H3,(H,21,22). The van der Waals surface area contributed by atoms with Crippen molar-refractivity contribution in [1.29, 1.82) is 0 Å². The molecule has 0 fully saturated rings. The first kappa shape index (κ1) is 19.1. The van der Waals surface area contributed by atoms with Gasteiger partial charge in [-0.2, -0.15) is 0 Å². The summed E-state index contributed by atoms with van der Waals surface area (Å²) in [6.45, 7) is 0.566. The van der Waals surface area contributed by atoms with Crippen LogP contribution >= 0.6 is 15.9 Å². The third-order valence-electron chi connectivity index (χ3n) is 3.76. The van der Waals surface area contributed by atoms with E-state index in [1.165, 1.54) is 0 Å². The molecule has 2 aromatic rings. The van der Waals surface area contributed by atoms with Crippen LogP contribution in [-0.4, -0.2) is 33.8 Å². The van der Waals surface area contributed by atoms with Crippen molar-refractivity contribution in [3.05, 3.63) is 52.0 Å². The van der Waals surface area contributed by atoms with Gasteiger partial charge in [0.1, 0.15) is 5.75 Å². The monoisotopic (exact) mass is 407 g/mol. The zero-order chi connectivity index (χ0) is 18.2. The molecule has 25 heavy (non-hydrogen) atoms. The van der Waals surface area contributed by atoms with Gasteiger partial charge in [0, 0.05) is 6.54 Å². The molecule has 5 nitrogen and oxygen atoms in total. The van der Waals surface area contributed by atoms with Crippen LogP contribution in [-0.2, 0) is 17.6 Å². The van der Waals surface area contributed by atoms with Gasteiger partial charge in [-0.05, 0) is 57.7 Å². The molecule has 0 aromatic heterocycles. The fourth-order valence-corrected chi connectivity index (χ4v) is 2.85. The molecule has 6 heteroatoms. The molecule has 0 radical (unpaired) electrons. The Morgan fingerprint density at radius 3 is 2.24 bits per heavy atom. The largest absolute Gasteiger partial charge is 0.496 e. The van der Waals surface area contributed by atoms with Crippen LogP contribution in [0.15, 0.2) is 40.9 Å². The average molecular weight is 408 g/mol. The Kier molecular flexibility index (Phi) is 7.13. The van der Waals surface area contributed by atoms with Gasteiger partial charge in [-0.3, -0.25) is 4.79 Å². The van der Waals surface area contributed by atoms with Crippen LogP contribution in [0.1, 0.15) is 11.1 Å². The highest BCUT2D eigenvalue weighted by Gasteiger charge is 2.08. The van der Waals surface area contributed by atoms with E-state index < -0.39 is 0 Å². The maximum atomic E-state index is 12.1. The van der Waals surface area contributed by atoms with Crippen LogP contribution in [0.25, 0.3) is 0 Å². The first-order valence-corrected chi connectivity index (χ1v) is 8.66. The van der Waals surface area contributed by atoms with Crippen molar-refractivity contribution in [2.75, 3.05) is 27.9 Å². The van der Waals surface area contributed by atoms with Crippen molar-refractivity contribution in [3.63, 3.8) is 0 Å². The van der Waals surface area contributed by atoms with E-state index in [1.807, 2.05) is 30.3 Å². The molecule has 0 saturated carbocycles. The van der Waals surface area contributed by atoms with Crippen LogP contribution in [0, 0.1) is 0 Å². The van der Waals surface area contributed by atoms with Crippen LogP contribution in [0.3, 0.4) is 0 Å². The molecule has 2 rings (SSSR count). The highest BCUT2D eigenvalue weighted by atomic mass is 79.9. The Balaban J connectivity index is 1.86. The molecule has 2 aromatic carbocycles. The topological polar surface area (TPSA) is 56.8 Å². The van der Waals surface area contributed by atoms with Crippen LogP contribution in [0.2, 0.25) is 0 Å². The number of rotatable bonds is 8. The second-order valence-electron chi connectivity index (χ2n) is 5.43. The molecule has 1 amide bonds. The smallest absolute Gasteiger partial charge is 0.224 e. The zero-order valence-electron chi connectivity index (χ0n) is 14.6. The lowest BCUT2D eigenvalue weighted by Crippen LogP contribution is -2.27. The van der Waals surface area contributed by atoms with Gasteiger partial charge in [-0.15, -0.1) is 0 Å². The van der Waals surface area contributed by atoms with E-state index in [2.05, 4.69) is 21.2 Å². The van der Waals surface area contributed by atoms with Gasteiger partial charge in [0.2, 0.25) is 5.91 Å². The number of halogens is 1. The lowest BCUT2D eigenvalue weighted by Gasteiger charge is -2.10. The van der Waals surface area contributed by atoms with E-state index in [0.717, 1.165) is 27.8 Å². The molecule has 0 saturated heterocycles. The Morgan fingerprint density at radius 2 is 1.56 bits per heavy atom. The third-order valence-corrected chi connectivity index (χ3v) is 4.42. The normalized spacial score (nSPS) is 10.2. The molecule has 1 N–H and O–H groups in total. The van der Waals surface area contributed by atoms with Crippen LogP contribution in [0.5, 0.6) is 17.2 Å². The van der Waals surface area contributed by atoms with Gasteiger partial charge in [0.25, 0.3) is 0 Å². The van der Waals surface area contributed by atoms with E-state index in [1.54, 1.807) is 27.4 Å². The van der Waals surface area contributed by atoms with E-state index in [-0.39, 0.29) is 5.91 Å². The van der Waals surface area contributed by atoms with Gasteiger partial charge >= 0.3 is 0 Å². The molecule has 0 bridgehead atoms. The highest BCUT2D eigenvalue weighted by molar-refractivity contribution is 9.10. The first-order valence-electron chi connectivity index (χ1n) is 7.87. The summed E-state index contributed by atoms with van der Waals surface area (Å²) in [4.78, 5) is 12.1. The van der Waals surface area contributed by atoms with E-state index in [9.17, 15) is 4.79 Å². The highest BCUT2D eigenvalue weighted by Crippen LogP contribution is 2.28. The van der Waals surface area contributed by atoms with E-state index in [4.69, 9.17) is 14.2 Å². The Morgan fingerprint density at radius 1 is 0.920 bits per heavy atom. The van der Waals surface area contributed by atoms with E-state index in [0.29, 0.717) is 24.5 Å². The summed E-state index contributed by atoms with van der Waals surface area (Å²) in [5.74, 6) is 2.02. The number of carbonyl (C=O) groups is 1. The number of hydrogen-bond acceptors (Lipinski definition) is 4. The fourth-order valence-electron chi connectivity index (χ4n) is 2.44. The molecule has 0 heterocycles. The van der Waals surface area contributed by atoms with Gasteiger partial charge < -0.3 is 19.5 Å². The summed E-state index contributed by atoms with van der Waals surface area (Å²) in [5, 5.41) is 2.93. The molecule has 134 valence electrons. The maximum Gasteiger partial charge on any atom is 0.224 e. The SMILES string of the molecule is COc1cc(CCNC(=O)Cc2ccc(OC)c(OC)c2)ccc1Br. The number of hydrogen-bond donors (Lipinski definition) is 1. The summed E-state index contributed by atoms with van der Waals surface area (Å²) in [7, 11) is 4.80. The summed E-state index contributed by atoms with van der Waals surface area (Å²) in [5.41, 5.74) is 1.98. The molecule has 0 unspecified atom stereocenters. The van der Waals surface area contributed by atoms with Gasteiger partial charge in [0.05, 0.1) is 32.2 Å². The summed E-state index contributed by atoms with van der Waals surface area (Å²) in [6, 6.07) is 11.4. The molecule has 0 aliphatic rings. The van der Waals surface area contributed by atoms with Crippen molar-refractivity contribution in [3.8, 4) is 17.2 Å². The lowest BCUT2D eigenvalue weighted by atomic mass is 10.1. The molecule has 0 aliphatic heterocycles. The predicted molar refractivity (Wildman–Crippen MR) is 101 cm³/mol. The number of benzene rings is 2. The molecule has 0 aliphatic carbocycles. The Hall–Kier alpha value is -2.21. The van der Waals surface area contributed by atoms with Crippen LogP contribution in [0.4, 0.5) is 0 Å². The van der Waals surface area contributed by atoms with Gasteiger partial charge in [-0.1, -0.05) is 12.1 Å². The molecule has 0 atom stereocenters. The number of methoxy groups -OCH3 is 3. The first-order chi connectivity index (χ1) is 12.1. The maximum absolute atomic E-state index is 12.1. The second-order valence-corrected chi connectivity index (χ2v) is 6.29. The fraction of sp³-hybridized carbons (Fsp3) is 0.316. The summed E-state index contributed by atoms with van der Waals surface area (Å²) in [6.07, 6.45) is 1.03. The Labute approximate surface area is 156 Å². The molecular formula is C19H22BrNO4. The number of carbonyl (C=O) groups excluding carboxylic acids is 1. The van der Waals surface area contributed by atoms with Crippen molar-refractivity contribution in [2.45, 2.75) is 12.8 Å². The van der Waals surface area contributed by atoms with Gasteiger partial charge in [-0.25, -0.2) is 0 Å². The average Bonchev–Trinajstić information content (AvgIpc) is 2.62. The minimum Gasteiger partial charge on any atom is -0.496 e. The zero-order valence-corrected chi connectivity index (χ0v) is 16.2. The minimum absolute atomic E-state index is 0.0312. The van der Waals surface area contributed by atoms with Crippen molar-refractivity contribution in [1.82, 2.24) is 5.32 Å². The Bertz CT molecular complexity index is 733. The number of ether oxygens (including phenoxy) is 3. The summed E-state index contributed by atoms with van der Waals surface area (Å²) >= 11 is 3.43. The lowest BCUT2D eigenvalue weighted by molar-refractivity contribution is -0.120. The summed E-state index contributed by atoms with van der Waals surface area (Å²) < 4.78 is 16.6. The van der Waals surface area contributed by atoms with Crippen molar-refractivity contribution >= 4 is 21.8 Å². The molecule has 0 spiro atoms. The second kappa shape index (κ2) is 9.32. The number of nitrogens with one attached hydrogen (secondary N) is 1. The quantitative estimate of drug-likeness (QED) is 0.728.